The number of aromatic nitrogens is 3. The van der Waals surface area contributed by atoms with Crippen LogP contribution in [-0.2, 0) is 7.05 Å². The summed E-state index contributed by atoms with van der Waals surface area (Å²) < 4.78 is 6.68. The fourth-order valence-corrected chi connectivity index (χ4v) is 4.40. The molecule has 5 rings (SSSR count). The molecule has 2 aliphatic rings. The van der Waals surface area contributed by atoms with E-state index in [0.717, 1.165) is 29.6 Å². The van der Waals surface area contributed by atoms with Crippen molar-refractivity contribution in [3.63, 3.8) is 0 Å². The van der Waals surface area contributed by atoms with Crippen molar-refractivity contribution >= 4 is 16.9 Å². The van der Waals surface area contributed by atoms with Crippen molar-refractivity contribution in [3.8, 4) is 5.75 Å². The lowest BCUT2D eigenvalue weighted by atomic mass is 9.92. The van der Waals surface area contributed by atoms with Crippen LogP contribution in [0.15, 0.2) is 41.5 Å². The molecule has 0 N–H and O–H groups in total. The van der Waals surface area contributed by atoms with Crippen molar-refractivity contribution in [2.45, 2.75) is 37.5 Å². The van der Waals surface area contributed by atoms with Crippen molar-refractivity contribution in [3.05, 3.63) is 63.8 Å². The molecule has 1 saturated heterocycles. The highest BCUT2D eigenvalue weighted by Crippen LogP contribution is 2.40. The third-order valence-corrected chi connectivity index (χ3v) is 6.47. The number of nitrogens with zero attached hydrogens (tertiary/aromatic N) is 4. The van der Waals surface area contributed by atoms with Gasteiger partial charge >= 0.3 is 0 Å². The summed E-state index contributed by atoms with van der Waals surface area (Å²) in [6, 6.07) is 7.82. The summed E-state index contributed by atoms with van der Waals surface area (Å²) >= 11 is 0. The maximum atomic E-state index is 13.1. The Morgan fingerprint density at radius 2 is 1.87 bits per heavy atom. The van der Waals surface area contributed by atoms with E-state index in [-0.39, 0.29) is 11.5 Å². The van der Waals surface area contributed by atoms with E-state index in [0.29, 0.717) is 36.2 Å². The third-order valence-electron chi connectivity index (χ3n) is 6.47. The fraction of sp³-hybridized carbons (Fsp3) is 0.417. The van der Waals surface area contributed by atoms with E-state index in [1.807, 2.05) is 11.1 Å². The predicted molar refractivity (Wildman–Crippen MR) is 118 cm³/mol. The van der Waals surface area contributed by atoms with Gasteiger partial charge in [-0.05, 0) is 55.4 Å². The first-order chi connectivity index (χ1) is 15.0. The minimum atomic E-state index is -0.202. The molecule has 1 amide bonds. The Morgan fingerprint density at radius 3 is 2.58 bits per heavy atom. The smallest absolute Gasteiger partial charge is 0.259 e. The molecule has 0 bridgehead atoms. The number of hydrogen-bond donors (Lipinski definition) is 0. The summed E-state index contributed by atoms with van der Waals surface area (Å²) in [4.78, 5) is 36.2. The molecule has 0 atom stereocenters. The van der Waals surface area contributed by atoms with Crippen molar-refractivity contribution < 1.29 is 9.53 Å². The monoisotopic (exact) mass is 418 g/mol. The number of rotatable bonds is 4. The zero-order valence-corrected chi connectivity index (χ0v) is 17.9. The molecule has 160 valence electrons. The number of pyridine rings is 3. The van der Waals surface area contributed by atoms with E-state index in [4.69, 9.17) is 9.72 Å². The van der Waals surface area contributed by atoms with Crippen LogP contribution in [0.25, 0.3) is 11.0 Å². The summed E-state index contributed by atoms with van der Waals surface area (Å²) in [6.45, 7) is 1.28. The molecule has 1 aliphatic carbocycles. The van der Waals surface area contributed by atoms with Crippen LogP contribution in [0, 0.1) is 0 Å². The topological polar surface area (TPSA) is 77.3 Å². The molecule has 0 radical (unpaired) electrons. The Hall–Kier alpha value is -3.22. The van der Waals surface area contributed by atoms with Gasteiger partial charge in [0.05, 0.1) is 12.7 Å². The van der Waals surface area contributed by atoms with Gasteiger partial charge in [-0.25, -0.2) is 9.97 Å². The first-order valence-corrected chi connectivity index (χ1v) is 10.8. The van der Waals surface area contributed by atoms with Crippen molar-refractivity contribution in [1.82, 2.24) is 19.4 Å². The highest BCUT2D eigenvalue weighted by Gasteiger charge is 2.28. The van der Waals surface area contributed by atoms with Gasteiger partial charge in [-0.15, -0.1) is 0 Å². The second-order valence-corrected chi connectivity index (χ2v) is 8.60. The van der Waals surface area contributed by atoms with Crippen molar-refractivity contribution in [2.24, 2.45) is 7.05 Å². The Bertz CT molecular complexity index is 1210. The van der Waals surface area contributed by atoms with Crippen molar-refractivity contribution in [2.75, 3.05) is 20.2 Å². The number of carbonyl (C=O) groups excluding carboxylic acids is 1. The zero-order chi connectivity index (χ0) is 21.5. The van der Waals surface area contributed by atoms with Crippen LogP contribution in [0.1, 0.15) is 59.1 Å². The highest BCUT2D eigenvalue weighted by atomic mass is 16.5. The first kappa shape index (κ1) is 19.7. The number of amides is 1. The lowest BCUT2D eigenvalue weighted by molar-refractivity contribution is 0.0707. The van der Waals surface area contributed by atoms with Crippen LogP contribution >= 0.6 is 0 Å². The standard InChI is InChI=1S/C24H26N4O3/c1-27-14-19(21(31-2)12-22(27)29)24(30)28-9-7-16(8-10-28)20-6-5-17-11-18(15-3-4-15)13-25-23(17)26-20/h5-6,11-16H,3-4,7-10H2,1-2H3. The van der Waals surface area contributed by atoms with E-state index in [1.54, 1.807) is 13.2 Å². The van der Waals surface area contributed by atoms with Crippen LogP contribution in [-0.4, -0.2) is 45.5 Å². The Labute approximate surface area is 180 Å². The van der Waals surface area contributed by atoms with Gasteiger partial charge in [0.1, 0.15) is 5.75 Å². The van der Waals surface area contributed by atoms with Crippen LogP contribution in [0.2, 0.25) is 0 Å². The number of methoxy groups -OCH3 is 1. The second-order valence-electron chi connectivity index (χ2n) is 8.60. The molecule has 3 aromatic heterocycles. The highest BCUT2D eigenvalue weighted by molar-refractivity contribution is 5.96. The number of fused-ring (bicyclic) bond motifs is 1. The fourth-order valence-electron chi connectivity index (χ4n) is 4.40. The molecule has 7 nitrogen and oxygen atoms in total. The van der Waals surface area contributed by atoms with E-state index in [2.05, 4.69) is 23.2 Å². The molecule has 4 heterocycles. The van der Waals surface area contributed by atoms with E-state index < -0.39 is 0 Å². The Kier molecular flexibility index (Phi) is 4.96. The molecule has 3 aromatic rings. The van der Waals surface area contributed by atoms with Gasteiger partial charge in [0.2, 0.25) is 0 Å². The van der Waals surface area contributed by atoms with E-state index >= 15 is 0 Å². The largest absolute Gasteiger partial charge is 0.496 e. The molecule has 0 aromatic carbocycles. The summed E-state index contributed by atoms with van der Waals surface area (Å²) in [5.41, 5.74) is 3.39. The molecule has 0 spiro atoms. The number of piperidine rings is 1. The normalized spacial score (nSPS) is 17.2. The minimum absolute atomic E-state index is 0.105. The van der Waals surface area contributed by atoms with Crippen LogP contribution in [0.4, 0.5) is 0 Å². The molecular formula is C24H26N4O3. The lowest BCUT2D eigenvalue weighted by Gasteiger charge is -2.32. The van der Waals surface area contributed by atoms with Gasteiger partial charge in [0.25, 0.3) is 11.5 Å². The summed E-state index contributed by atoms with van der Waals surface area (Å²) in [5.74, 6) is 1.21. The number of hydrogen-bond acceptors (Lipinski definition) is 5. The molecule has 1 aliphatic heterocycles. The minimum Gasteiger partial charge on any atom is -0.496 e. The summed E-state index contributed by atoms with van der Waals surface area (Å²) in [7, 11) is 3.11. The lowest BCUT2D eigenvalue weighted by Crippen LogP contribution is -2.38. The van der Waals surface area contributed by atoms with Crippen LogP contribution in [0.5, 0.6) is 5.75 Å². The summed E-state index contributed by atoms with van der Waals surface area (Å²) in [6.07, 6.45) is 7.75. The number of carbonyl (C=O) groups is 1. The molecule has 31 heavy (non-hydrogen) atoms. The molecular weight excluding hydrogens is 392 g/mol. The summed E-state index contributed by atoms with van der Waals surface area (Å²) in [5, 5.41) is 1.10. The Balaban J connectivity index is 1.30. The van der Waals surface area contributed by atoms with Crippen LogP contribution in [0.3, 0.4) is 0 Å². The number of ether oxygens (including phenoxy) is 1. The van der Waals surface area contributed by atoms with Crippen molar-refractivity contribution in [1.29, 1.82) is 0 Å². The molecule has 1 saturated carbocycles. The van der Waals surface area contributed by atoms with E-state index in [9.17, 15) is 9.59 Å². The average Bonchev–Trinajstić information content (AvgIpc) is 3.65. The maximum Gasteiger partial charge on any atom is 0.259 e. The van der Waals surface area contributed by atoms with Crippen LogP contribution < -0.4 is 10.3 Å². The van der Waals surface area contributed by atoms with Gasteiger partial charge < -0.3 is 14.2 Å². The van der Waals surface area contributed by atoms with Gasteiger partial charge in [-0.1, -0.05) is 0 Å². The number of aryl methyl sites for hydroxylation is 1. The predicted octanol–water partition coefficient (Wildman–Crippen LogP) is 3.23. The third kappa shape index (κ3) is 3.80. The molecule has 7 heteroatoms. The maximum absolute atomic E-state index is 13.1. The quantitative estimate of drug-likeness (QED) is 0.650. The Morgan fingerprint density at radius 1 is 1.10 bits per heavy atom. The number of likely N-dealkylation sites (tertiary alicyclic amines) is 1. The average molecular weight is 418 g/mol. The zero-order valence-electron chi connectivity index (χ0n) is 17.9. The van der Waals surface area contributed by atoms with Gasteiger partial charge in [-0.2, -0.15) is 0 Å². The van der Waals surface area contributed by atoms with Gasteiger partial charge in [0.15, 0.2) is 5.65 Å². The van der Waals surface area contributed by atoms with E-state index in [1.165, 1.54) is 36.1 Å². The molecule has 2 fully saturated rings. The second kappa shape index (κ2) is 7.80. The SMILES string of the molecule is COc1cc(=O)n(C)cc1C(=O)N1CCC(c2ccc3cc(C4CC4)cnc3n2)CC1. The van der Waals surface area contributed by atoms with Gasteiger partial charge in [-0.3, -0.25) is 9.59 Å². The molecule has 0 unspecified atom stereocenters. The van der Waals surface area contributed by atoms with Gasteiger partial charge in [0, 0.05) is 55.6 Å². The first-order valence-electron chi connectivity index (χ1n) is 10.8.